The van der Waals surface area contributed by atoms with Crippen molar-refractivity contribution in [3.05, 3.63) is 16.6 Å². The number of nitrogens with zero attached hydrogens (tertiary/aromatic N) is 2. The molecule has 0 spiro atoms. The number of nitrogens with one attached hydrogen (secondary N) is 1. The van der Waals surface area contributed by atoms with Crippen LogP contribution in [0, 0.1) is 5.41 Å². The zero-order valence-corrected chi connectivity index (χ0v) is 10.6. The van der Waals surface area contributed by atoms with Gasteiger partial charge < -0.3 is 5.32 Å². The maximum absolute atomic E-state index is 4.53. The van der Waals surface area contributed by atoms with Crippen LogP contribution >= 0.6 is 23.1 Å². The molecule has 2 heterocycles. The maximum Gasteiger partial charge on any atom is 0.156 e. The first-order chi connectivity index (χ1) is 7.16. The van der Waals surface area contributed by atoms with Gasteiger partial charge in [0, 0.05) is 23.4 Å². The highest BCUT2D eigenvalue weighted by atomic mass is 32.2. The average molecular weight is 241 g/mol. The van der Waals surface area contributed by atoms with Crippen molar-refractivity contribution in [3.63, 3.8) is 0 Å². The van der Waals surface area contributed by atoms with Crippen molar-refractivity contribution >= 4 is 28.3 Å². The molecule has 0 bridgehead atoms. The van der Waals surface area contributed by atoms with Gasteiger partial charge in [-0.15, -0.1) is 11.3 Å². The van der Waals surface area contributed by atoms with Crippen LogP contribution in [0.25, 0.3) is 0 Å². The third-order valence-corrected chi connectivity index (χ3v) is 4.40. The Morgan fingerprint density at radius 1 is 1.53 bits per heavy atom. The zero-order chi connectivity index (χ0) is 10.7. The zero-order valence-electron chi connectivity index (χ0n) is 8.99. The summed E-state index contributed by atoms with van der Waals surface area (Å²) in [4.78, 5) is 9.83. The number of rotatable bonds is 2. The number of hydrogen-bond donors (Lipinski definition) is 1. The topological polar surface area (TPSA) is 37.3 Å². The number of aromatic nitrogens is 1. The molecule has 0 radical (unpaired) electrons. The lowest BCUT2D eigenvalue weighted by Gasteiger charge is -2.27. The lowest BCUT2D eigenvalue weighted by molar-refractivity contribution is 0.436. The number of aliphatic imine (C=N–C) groups is 1. The van der Waals surface area contributed by atoms with E-state index in [9.17, 15) is 0 Å². The third-order valence-electron chi connectivity index (χ3n) is 2.15. The summed E-state index contributed by atoms with van der Waals surface area (Å²) < 4.78 is 0. The standard InChI is InChI=1S/C10H15N3S2/c1-10(2)5-13-9(14-6-10)12-4-8-3-11-7-15-8/h3,7H,4-6H2,1-2H3,(H,12,13). The number of thiazole rings is 1. The molecule has 5 heteroatoms. The predicted molar refractivity (Wildman–Crippen MR) is 67.5 cm³/mol. The molecule has 1 N–H and O–H groups in total. The lowest BCUT2D eigenvalue weighted by Crippen LogP contribution is -2.30. The second-order valence-corrected chi connectivity index (χ2v) is 6.33. The highest BCUT2D eigenvalue weighted by Gasteiger charge is 2.23. The van der Waals surface area contributed by atoms with Crippen LogP contribution in [-0.2, 0) is 6.54 Å². The molecular formula is C10H15N3S2. The Kier molecular flexibility index (Phi) is 3.31. The molecule has 0 saturated heterocycles. The van der Waals surface area contributed by atoms with Crippen LogP contribution in [0.5, 0.6) is 0 Å². The first kappa shape index (κ1) is 11.0. The Hall–Kier alpha value is -0.550. The monoisotopic (exact) mass is 241 g/mol. The maximum atomic E-state index is 4.53. The number of thioether (sulfide) groups is 1. The molecule has 1 aliphatic heterocycles. The van der Waals surface area contributed by atoms with Gasteiger partial charge in [0.2, 0.25) is 0 Å². The molecule has 1 aromatic rings. The summed E-state index contributed by atoms with van der Waals surface area (Å²) in [6, 6.07) is 0. The van der Waals surface area contributed by atoms with Crippen molar-refractivity contribution in [1.29, 1.82) is 0 Å². The van der Waals surface area contributed by atoms with Gasteiger partial charge in [0.15, 0.2) is 5.17 Å². The fraction of sp³-hybridized carbons (Fsp3) is 0.600. The van der Waals surface area contributed by atoms with Crippen LogP contribution < -0.4 is 5.32 Å². The Bertz CT molecular complexity index is 344. The van der Waals surface area contributed by atoms with E-state index in [2.05, 4.69) is 29.1 Å². The van der Waals surface area contributed by atoms with Crippen molar-refractivity contribution in [2.75, 3.05) is 12.3 Å². The summed E-state index contributed by atoms with van der Waals surface area (Å²) in [6.45, 7) is 6.27. The van der Waals surface area contributed by atoms with E-state index in [0.717, 1.165) is 24.0 Å². The second-order valence-electron chi connectivity index (χ2n) is 4.40. The molecule has 2 rings (SSSR count). The number of hydrogen-bond acceptors (Lipinski definition) is 5. The average Bonchev–Trinajstić information content (AvgIpc) is 2.69. The van der Waals surface area contributed by atoms with E-state index < -0.39 is 0 Å². The van der Waals surface area contributed by atoms with Crippen LogP contribution in [0.3, 0.4) is 0 Å². The van der Waals surface area contributed by atoms with Gasteiger partial charge in [0.1, 0.15) is 0 Å². The van der Waals surface area contributed by atoms with Gasteiger partial charge in [0.05, 0.1) is 12.1 Å². The van der Waals surface area contributed by atoms with Gasteiger partial charge in [-0.2, -0.15) is 0 Å². The molecule has 82 valence electrons. The van der Waals surface area contributed by atoms with E-state index in [4.69, 9.17) is 0 Å². The van der Waals surface area contributed by atoms with Gasteiger partial charge in [-0.3, -0.25) is 9.98 Å². The van der Waals surface area contributed by atoms with Crippen LogP contribution in [0.1, 0.15) is 18.7 Å². The van der Waals surface area contributed by atoms with Crippen molar-refractivity contribution in [2.45, 2.75) is 20.4 Å². The van der Waals surface area contributed by atoms with Crippen LogP contribution in [0.2, 0.25) is 0 Å². The lowest BCUT2D eigenvalue weighted by atomic mass is 9.97. The second kappa shape index (κ2) is 4.53. The Morgan fingerprint density at radius 3 is 3.00 bits per heavy atom. The highest BCUT2D eigenvalue weighted by Crippen LogP contribution is 2.27. The van der Waals surface area contributed by atoms with Crippen LogP contribution in [0.4, 0.5) is 0 Å². The van der Waals surface area contributed by atoms with Crippen molar-refractivity contribution < 1.29 is 0 Å². The Balaban J connectivity index is 1.84. The van der Waals surface area contributed by atoms with E-state index in [-0.39, 0.29) is 0 Å². The minimum absolute atomic E-state index is 0.348. The largest absolute Gasteiger partial charge is 0.360 e. The third kappa shape index (κ3) is 3.21. The van der Waals surface area contributed by atoms with E-state index >= 15 is 0 Å². The summed E-state index contributed by atoms with van der Waals surface area (Å²) in [5.74, 6) is 1.14. The fourth-order valence-corrected chi connectivity index (χ4v) is 2.72. The molecule has 15 heavy (non-hydrogen) atoms. The number of amidine groups is 1. The molecule has 1 aliphatic rings. The minimum Gasteiger partial charge on any atom is -0.360 e. The molecule has 3 nitrogen and oxygen atoms in total. The van der Waals surface area contributed by atoms with Gasteiger partial charge in [-0.1, -0.05) is 25.6 Å². The summed E-state index contributed by atoms with van der Waals surface area (Å²) in [5.41, 5.74) is 2.20. The van der Waals surface area contributed by atoms with Gasteiger partial charge in [-0.25, -0.2) is 0 Å². The minimum atomic E-state index is 0.348. The summed E-state index contributed by atoms with van der Waals surface area (Å²) in [7, 11) is 0. The molecule has 0 aliphatic carbocycles. The predicted octanol–water partition coefficient (Wildman–Crippen LogP) is 2.36. The molecule has 0 amide bonds. The SMILES string of the molecule is CC1(C)CN=C(NCc2cncs2)SC1. The van der Waals surface area contributed by atoms with Crippen molar-refractivity contribution in [3.8, 4) is 0 Å². The van der Waals surface area contributed by atoms with Gasteiger partial charge >= 0.3 is 0 Å². The van der Waals surface area contributed by atoms with Gasteiger partial charge in [0.25, 0.3) is 0 Å². The molecule has 1 aromatic heterocycles. The summed E-state index contributed by atoms with van der Waals surface area (Å²) >= 11 is 3.49. The normalized spacial score (nSPS) is 19.7. The summed E-state index contributed by atoms with van der Waals surface area (Å²) in [5, 5.41) is 4.42. The molecule has 0 fully saturated rings. The first-order valence-corrected chi connectivity index (χ1v) is 6.81. The van der Waals surface area contributed by atoms with E-state index in [1.807, 2.05) is 23.5 Å². The molecule has 0 atom stereocenters. The summed E-state index contributed by atoms with van der Waals surface area (Å²) in [6.07, 6.45) is 1.90. The quantitative estimate of drug-likeness (QED) is 0.863. The van der Waals surface area contributed by atoms with Gasteiger partial charge in [-0.05, 0) is 5.41 Å². The molecular weight excluding hydrogens is 226 g/mol. The van der Waals surface area contributed by atoms with E-state index in [1.54, 1.807) is 11.3 Å². The first-order valence-electron chi connectivity index (χ1n) is 4.94. The molecule has 0 unspecified atom stereocenters. The smallest absolute Gasteiger partial charge is 0.156 e. The molecule has 0 saturated carbocycles. The van der Waals surface area contributed by atoms with Crippen LogP contribution in [-0.4, -0.2) is 22.4 Å². The van der Waals surface area contributed by atoms with Crippen LogP contribution in [0.15, 0.2) is 16.7 Å². The Morgan fingerprint density at radius 2 is 2.40 bits per heavy atom. The van der Waals surface area contributed by atoms with Crippen molar-refractivity contribution in [1.82, 2.24) is 10.3 Å². The highest BCUT2D eigenvalue weighted by molar-refractivity contribution is 8.13. The van der Waals surface area contributed by atoms with E-state index in [1.165, 1.54) is 4.88 Å². The fourth-order valence-electron chi connectivity index (χ4n) is 1.24. The Labute approximate surface area is 98.4 Å². The molecule has 0 aromatic carbocycles. The van der Waals surface area contributed by atoms with E-state index in [0.29, 0.717) is 5.41 Å². The van der Waals surface area contributed by atoms with Crippen molar-refractivity contribution in [2.24, 2.45) is 10.4 Å².